The number of nitrogens with zero attached hydrogens (tertiary/aromatic N) is 2. The molecule has 0 saturated heterocycles. The first kappa shape index (κ1) is 47.1. The molecular formula is C55H58N2O11. The van der Waals surface area contributed by atoms with Crippen molar-refractivity contribution in [2.24, 2.45) is 0 Å². The molecular weight excluding hydrogens is 865 g/mol. The zero-order valence-corrected chi connectivity index (χ0v) is 38.8. The van der Waals surface area contributed by atoms with E-state index < -0.39 is 24.4 Å². The number of unbranched alkanes of at least 4 members (excludes halogenated alkanes) is 4. The Morgan fingerprint density at radius 3 is 1.69 bits per heavy atom. The summed E-state index contributed by atoms with van der Waals surface area (Å²) in [4.78, 5) is 33.4. The molecule has 8 rings (SSSR count). The second-order valence-corrected chi connectivity index (χ2v) is 16.5. The lowest BCUT2D eigenvalue weighted by Crippen LogP contribution is -2.27. The van der Waals surface area contributed by atoms with Crippen LogP contribution in [0.25, 0.3) is 43.6 Å². The van der Waals surface area contributed by atoms with Crippen LogP contribution in [-0.4, -0.2) is 80.7 Å². The highest BCUT2D eigenvalue weighted by Crippen LogP contribution is 2.38. The molecule has 2 heterocycles. The van der Waals surface area contributed by atoms with Crippen molar-refractivity contribution in [1.82, 2.24) is 9.30 Å². The monoisotopic (exact) mass is 922 g/mol. The Bertz CT molecular complexity index is 2960. The van der Waals surface area contributed by atoms with E-state index in [1.54, 1.807) is 25.9 Å². The van der Waals surface area contributed by atoms with Gasteiger partial charge in [-0.1, -0.05) is 54.6 Å². The molecule has 0 radical (unpaired) electrons. The van der Waals surface area contributed by atoms with Crippen LogP contribution in [0.4, 0.5) is 0 Å². The van der Waals surface area contributed by atoms with Crippen LogP contribution in [0.3, 0.4) is 0 Å². The third kappa shape index (κ3) is 11.1. The highest BCUT2D eigenvalue weighted by molar-refractivity contribution is 6.10. The number of methoxy groups -OCH3 is 3. The molecule has 2 aromatic heterocycles. The molecule has 0 bridgehead atoms. The van der Waals surface area contributed by atoms with Crippen molar-refractivity contribution in [3.8, 4) is 34.5 Å². The fraction of sp³-hybridized carbons (Fsp3) is 0.309. The molecule has 68 heavy (non-hydrogen) atoms. The minimum Gasteiger partial charge on any atom is -0.494 e. The summed E-state index contributed by atoms with van der Waals surface area (Å²) in [5.41, 5.74) is 3.84. The number of benzene rings is 6. The summed E-state index contributed by atoms with van der Waals surface area (Å²) >= 11 is 0. The molecule has 0 spiro atoms. The van der Waals surface area contributed by atoms with E-state index in [0.29, 0.717) is 83.8 Å². The molecule has 0 fully saturated rings. The Morgan fingerprint density at radius 1 is 0.515 bits per heavy atom. The molecule has 6 aromatic carbocycles. The fourth-order valence-electron chi connectivity index (χ4n) is 8.55. The molecule has 0 aliphatic rings. The standard InChI is InChI=1S/C55H58N2O11/c1-61-34-29-38-21-23-39(24-22-38)64-30-10-4-11-32-66-41-26-28-45-43-16-7-9-18-47(43)57(49(45)36-41)68-53(58)37-50(55(59)60)56-46-17-8-6-15-42(46)44-27-25-40(35-48(44)56)65-31-12-5-13-33-67-52-20-14-19-51(62-2)54(52)63-3/h6-9,14-28,35-36,50H,4-5,10-13,29-34,37H2,1-3H3,(H,59,60). The molecule has 0 aliphatic heterocycles. The van der Waals surface area contributed by atoms with Gasteiger partial charge in [0, 0.05) is 46.3 Å². The van der Waals surface area contributed by atoms with Crippen LogP contribution in [0.1, 0.15) is 56.6 Å². The van der Waals surface area contributed by atoms with Gasteiger partial charge in [0.15, 0.2) is 11.5 Å². The molecule has 354 valence electrons. The van der Waals surface area contributed by atoms with E-state index in [1.807, 2.05) is 115 Å². The summed E-state index contributed by atoms with van der Waals surface area (Å²) in [6, 6.07) is 39.0. The van der Waals surface area contributed by atoms with Gasteiger partial charge < -0.3 is 47.7 Å². The van der Waals surface area contributed by atoms with Gasteiger partial charge in [0.05, 0.1) is 70.2 Å². The third-order valence-electron chi connectivity index (χ3n) is 12.0. The number of hydrogen-bond acceptors (Lipinski definition) is 10. The van der Waals surface area contributed by atoms with Gasteiger partial charge in [-0.05, 0) is 111 Å². The highest BCUT2D eigenvalue weighted by atomic mass is 16.7. The van der Waals surface area contributed by atoms with Gasteiger partial charge in [-0.25, -0.2) is 9.59 Å². The number of aliphatic carboxylic acids is 1. The average molecular weight is 923 g/mol. The van der Waals surface area contributed by atoms with Gasteiger partial charge in [-0.15, -0.1) is 0 Å². The number of carbonyl (C=O) groups is 2. The maximum atomic E-state index is 14.1. The largest absolute Gasteiger partial charge is 0.494 e. The smallest absolute Gasteiger partial charge is 0.335 e. The average Bonchev–Trinajstić information content (AvgIpc) is 3.85. The quantitative estimate of drug-likeness (QED) is 0.0519. The number of carboxylic acids is 1. The lowest BCUT2D eigenvalue weighted by molar-refractivity contribution is -0.150. The Labute approximate surface area is 395 Å². The van der Waals surface area contributed by atoms with Crippen LogP contribution in [0.15, 0.2) is 127 Å². The van der Waals surface area contributed by atoms with Gasteiger partial charge in [-0.2, -0.15) is 4.73 Å². The van der Waals surface area contributed by atoms with Gasteiger partial charge in [0.25, 0.3) is 0 Å². The lowest BCUT2D eigenvalue weighted by Gasteiger charge is -2.18. The zero-order chi connectivity index (χ0) is 47.2. The van der Waals surface area contributed by atoms with E-state index in [0.717, 1.165) is 72.2 Å². The SMILES string of the molecule is COCCc1ccc(OCCCCCOc2ccc3c4ccccc4n(OC(=O)CC(C(=O)O)n4c5ccccc5c5ccc(OCCCCCOc6cccc(OC)c6OC)cc54)c3c2)cc1. The topological polar surface area (TPSA) is 138 Å². The Kier molecular flexibility index (Phi) is 15.9. The van der Waals surface area contributed by atoms with Crippen molar-refractivity contribution in [1.29, 1.82) is 0 Å². The number of para-hydroxylation sites is 3. The molecule has 13 heteroatoms. The number of hydrogen-bond donors (Lipinski definition) is 1. The lowest BCUT2D eigenvalue weighted by atomic mass is 10.1. The zero-order valence-electron chi connectivity index (χ0n) is 38.8. The van der Waals surface area contributed by atoms with Gasteiger partial charge in [0.2, 0.25) is 5.75 Å². The normalized spacial score (nSPS) is 11.8. The summed E-state index contributed by atoms with van der Waals surface area (Å²) in [5, 5.41) is 14.3. The summed E-state index contributed by atoms with van der Waals surface area (Å²) in [6.45, 7) is 2.77. The van der Waals surface area contributed by atoms with Crippen LogP contribution in [0, 0.1) is 0 Å². The number of rotatable bonds is 26. The highest BCUT2D eigenvalue weighted by Gasteiger charge is 2.29. The Hall–Kier alpha value is -7.38. The van der Waals surface area contributed by atoms with E-state index in [9.17, 15) is 14.7 Å². The van der Waals surface area contributed by atoms with Crippen LogP contribution in [0.5, 0.6) is 34.5 Å². The number of aromatic nitrogens is 2. The number of carboxylic acid groups (broad SMARTS) is 1. The van der Waals surface area contributed by atoms with E-state index in [2.05, 4.69) is 12.1 Å². The molecule has 8 aromatic rings. The van der Waals surface area contributed by atoms with Crippen molar-refractivity contribution in [2.75, 3.05) is 54.4 Å². The van der Waals surface area contributed by atoms with Crippen LogP contribution < -0.4 is 33.3 Å². The second kappa shape index (κ2) is 22.9. The number of fused-ring (bicyclic) bond motifs is 6. The minimum absolute atomic E-state index is 0.439. The molecule has 1 atom stereocenters. The van der Waals surface area contributed by atoms with E-state index >= 15 is 0 Å². The van der Waals surface area contributed by atoms with Crippen molar-refractivity contribution in [3.63, 3.8) is 0 Å². The maximum absolute atomic E-state index is 14.1. The van der Waals surface area contributed by atoms with Crippen molar-refractivity contribution in [3.05, 3.63) is 133 Å². The molecule has 0 aliphatic carbocycles. The van der Waals surface area contributed by atoms with Crippen molar-refractivity contribution < 1.29 is 52.7 Å². The Balaban J connectivity index is 0.901. The van der Waals surface area contributed by atoms with Crippen molar-refractivity contribution >= 4 is 55.6 Å². The van der Waals surface area contributed by atoms with Crippen LogP contribution in [0.2, 0.25) is 0 Å². The van der Waals surface area contributed by atoms with Crippen LogP contribution >= 0.6 is 0 Å². The van der Waals surface area contributed by atoms with Gasteiger partial charge in [-0.3, -0.25) is 0 Å². The molecule has 1 unspecified atom stereocenters. The van der Waals surface area contributed by atoms with Crippen LogP contribution in [-0.2, 0) is 20.7 Å². The van der Waals surface area contributed by atoms with E-state index in [1.165, 1.54) is 10.3 Å². The fourth-order valence-corrected chi connectivity index (χ4v) is 8.55. The molecule has 13 nitrogen and oxygen atoms in total. The predicted molar refractivity (Wildman–Crippen MR) is 263 cm³/mol. The summed E-state index contributed by atoms with van der Waals surface area (Å²) in [7, 11) is 4.88. The second-order valence-electron chi connectivity index (χ2n) is 16.5. The first-order valence-corrected chi connectivity index (χ1v) is 23.2. The number of carbonyl (C=O) groups excluding carboxylic acids is 1. The molecule has 0 saturated carbocycles. The number of ether oxygens (including phenoxy) is 7. The first-order valence-electron chi connectivity index (χ1n) is 23.2. The summed E-state index contributed by atoms with van der Waals surface area (Å²) in [5.74, 6) is 2.02. The third-order valence-corrected chi connectivity index (χ3v) is 12.0. The maximum Gasteiger partial charge on any atom is 0.335 e. The van der Waals surface area contributed by atoms with Crippen molar-refractivity contribution in [2.45, 2.75) is 57.4 Å². The molecule has 1 N–H and O–H groups in total. The van der Waals surface area contributed by atoms with E-state index in [4.69, 9.17) is 38.0 Å². The van der Waals surface area contributed by atoms with Gasteiger partial charge >= 0.3 is 11.9 Å². The van der Waals surface area contributed by atoms with E-state index in [-0.39, 0.29) is 0 Å². The minimum atomic E-state index is -1.28. The predicted octanol–water partition coefficient (Wildman–Crippen LogP) is 11.0. The Morgan fingerprint density at radius 2 is 1.06 bits per heavy atom. The summed E-state index contributed by atoms with van der Waals surface area (Å²) < 4.78 is 43.5. The first-order chi connectivity index (χ1) is 33.4. The summed E-state index contributed by atoms with van der Waals surface area (Å²) in [6.07, 6.45) is 5.54. The van der Waals surface area contributed by atoms with Gasteiger partial charge in [0.1, 0.15) is 23.3 Å². The molecule has 0 amide bonds.